The molecule has 0 spiro atoms. The molecule has 1 N–H and O–H groups in total. The van der Waals surface area contributed by atoms with Gasteiger partial charge in [-0.25, -0.2) is 4.98 Å². The summed E-state index contributed by atoms with van der Waals surface area (Å²) >= 11 is 13.7. The molecule has 0 radical (unpaired) electrons. The SMILES string of the molecule is Clc1ccc(CCNCc2ncc(-c3cccnc3)s2)c(Cl)c1. The van der Waals surface area contributed by atoms with E-state index in [1.165, 1.54) is 0 Å². The highest BCUT2D eigenvalue weighted by molar-refractivity contribution is 7.15. The second kappa shape index (κ2) is 7.88. The Hall–Kier alpha value is -1.46. The Labute approximate surface area is 149 Å². The summed E-state index contributed by atoms with van der Waals surface area (Å²) in [5.74, 6) is 0. The highest BCUT2D eigenvalue weighted by Crippen LogP contribution is 2.25. The molecule has 0 aliphatic heterocycles. The van der Waals surface area contributed by atoms with Crippen LogP contribution in [0.5, 0.6) is 0 Å². The monoisotopic (exact) mass is 363 g/mol. The van der Waals surface area contributed by atoms with Gasteiger partial charge < -0.3 is 5.32 Å². The van der Waals surface area contributed by atoms with Gasteiger partial charge in [0.05, 0.1) is 4.88 Å². The summed E-state index contributed by atoms with van der Waals surface area (Å²) < 4.78 is 0. The van der Waals surface area contributed by atoms with Crippen molar-refractivity contribution in [1.82, 2.24) is 15.3 Å². The van der Waals surface area contributed by atoms with Crippen LogP contribution >= 0.6 is 34.5 Å². The van der Waals surface area contributed by atoms with E-state index >= 15 is 0 Å². The third-order valence-corrected chi connectivity index (χ3v) is 5.00. The Morgan fingerprint density at radius 1 is 1.13 bits per heavy atom. The predicted molar refractivity (Wildman–Crippen MR) is 97.2 cm³/mol. The van der Waals surface area contributed by atoms with E-state index in [-0.39, 0.29) is 0 Å². The molecule has 3 nitrogen and oxygen atoms in total. The van der Waals surface area contributed by atoms with Gasteiger partial charge in [0.1, 0.15) is 5.01 Å². The zero-order chi connectivity index (χ0) is 16.1. The van der Waals surface area contributed by atoms with Crippen LogP contribution in [0.25, 0.3) is 10.4 Å². The molecule has 1 aromatic carbocycles. The number of nitrogens with zero attached hydrogens (tertiary/aromatic N) is 2. The van der Waals surface area contributed by atoms with Crippen molar-refractivity contribution >= 4 is 34.5 Å². The van der Waals surface area contributed by atoms with E-state index in [4.69, 9.17) is 23.2 Å². The van der Waals surface area contributed by atoms with E-state index in [2.05, 4.69) is 15.3 Å². The zero-order valence-electron chi connectivity index (χ0n) is 12.3. The normalized spacial score (nSPS) is 10.9. The van der Waals surface area contributed by atoms with Gasteiger partial charge in [0.15, 0.2) is 0 Å². The standard InChI is InChI=1S/C17H15Cl2N3S/c18-14-4-3-12(15(19)8-14)5-7-21-11-17-22-10-16(23-17)13-2-1-6-20-9-13/h1-4,6,8-10,21H,5,7,11H2. The topological polar surface area (TPSA) is 37.8 Å². The quantitative estimate of drug-likeness (QED) is 0.636. The molecule has 0 amide bonds. The molecule has 23 heavy (non-hydrogen) atoms. The lowest BCUT2D eigenvalue weighted by Crippen LogP contribution is -2.16. The van der Waals surface area contributed by atoms with Crippen LogP contribution in [0.15, 0.2) is 48.9 Å². The predicted octanol–water partition coefficient (Wildman–Crippen LogP) is 4.84. The molecule has 0 saturated heterocycles. The van der Waals surface area contributed by atoms with Crippen LogP contribution < -0.4 is 5.32 Å². The van der Waals surface area contributed by atoms with E-state index in [0.29, 0.717) is 10.0 Å². The largest absolute Gasteiger partial charge is 0.310 e. The first-order valence-corrected chi connectivity index (χ1v) is 8.79. The number of hydrogen-bond donors (Lipinski definition) is 1. The minimum absolute atomic E-state index is 0.664. The zero-order valence-corrected chi connectivity index (χ0v) is 14.6. The molecular formula is C17H15Cl2N3S. The maximum absolute atomic E-state index is 6.17. The van der Waals surface area contributed by atoms with Gasteiger partial charge in [-0.15, -0.1) is 11.3 Å². The highest BCUT2D eigenvalue weighted by Gasteiger charge is 2.05. The molecular weight excluding hydrogens is 349 g/mol. The third-order valence-electron chi connectivity index (χ3n) is 3.36. The number of benzene rings is 1. The fourth-order valence-electron chi connectivity index (χ4n) is 2.18. The number of rotatable bonds is 6. The Morgan fingerprint density at radius 3 is 2.83 bits per heavy atom. The van der Waals surface area contributed by atoms with Gasteiger partial charge in [-0.05, 0) is 36.7 Å². The summed E-state index contributed by atoms with van der Waals surface area (Å²) in [6.45, 7) is 1.58. The molecule has 6 heteroatoms. The molecule has 0 saturated carbocycles. The minimum atomic E-state index is 0.664. The number of pyridine rings is 1. The second-order valence-electron chi connectivity index (χ2n) is 5.02. The molecule has 0 unspecified atom stereocenters. The Kier molecular flexibility index (Phi) is 5.62. The van der Waals surface area contributed by atoms with Crippen LogP contribution in [0.1, 0.15) is 10.6 Å². The van der Waals surface area contributed by atoms with E-state index in [0.717, 1.165) is 40.5 Å². The summed E-state index contributed by atoms with van der Waals surface area (Å²) in [7, 11) is 0. The first-order valence-electron chi connectivity index (χ1n) is 7.22. The van der Waals surface area contributed by atoms with Gasteiger partial charge in [-0.2, -0.15) is 0 Å². The van der Waals surface area contributed by atoms with Gasteiger partial charge in [-0.3, -0.25) is 4.98 Å². The van der Waals surface area contributed by atoms with Crippen molar-refractivity contribution in [2.45, 2.75) is 13.0 Å². The maximum Gasteiger partial charge on any atom is 0.107 e. The van der Waals surface area contributed by atoms with Crippen molar-refractivity contribution in [3.63, 3.8) is 0 Å². The Morgan fingerprint density at radius 2 is 2.04 bits per heavy atom. The lowest BCUT2D eigenvalue weighted by Gasteiger charge is -2.05. The molecule has 0 atom stereocenters. The van der Waals surface area contributed by atoms with Crippen molar-refractivity contribution in [3.05, 3.63) is 69.5 Å². The van der Waals surface area contributed by atoms with Crippen molar-refractivity contribution in [2.24, 2.45) is 0 Å². The molecule has 3 rings (SSSR count). The Bertz CT molecular complexity index is 775. The molecule has 3 aromatic rings. The first-order chi connectivity index (χ1) is 11.2. The average Bonchev–Trinajstić information content (AvgIpc) is 3.03. The molecule has 0 aliphatic carbocycles. The molecule has 118 valence electrons. The summed E-state index contributed by atoms with van der Waals surface area (Å²) in [5.41, 5.74) is 2.20. The Balaban J connectivity index is 1.50. The summed E-state index contributed by atoms with van der Waals surface area (Å²) in [6, 6.07) is 9.59. The number of thiazole rings is 1. The second-order valence-corrected chi connectivity index (χ2v) is 6.98. The van der Waals surface area contributed by atoms with Crippen LogP contribution in [0.4, 0.5) is 0 Å². The fourth-order valence-corrected chi connectivity index (χ4v) is 3.56. The van der Waals surface area contributed by atoms with Gasteiger partial charge >= 0.3 is 0 Å². The number of aromatic nitrogens is 2. The van der Waals surface area contributed by atoms with Gasteiger partial charge in [-0.1, -0.05) is 35.3 Å². The third kappa shape index (κ3) is 4.52. The fraction of sp³-hybridized carbons (Fsp3) is 0.176. The van der Waals surface area contributed by atoms with Crippen molar-refractivity contribution in [3.8, 4) is 10.4 Å². The van der Waals surface area contributed by atoms with E-state index < -0.39 is 0 Å². The number of hydrogen-bond acceptors (Lipinski definition) is 4. The minimum Gasteiger partial charge on any atom is -0.310 e. The molecule has 2 heterocycles. The van der Waals surface area contributed by atoms with Gasteiger partial charge in [0, 0.05) is 40.7 Å². The highest BCUT2D eigenvalue weighted by atomic mass is 35.5. The lowest BCUT2D eigenvalue weighted by molar-refractivity contribution is 0.684. The summed E-state index contributed by atoms with van der Waals surface area (Å²) in [4.78, 5) is 9.72. The number of nitrogens with one attached hydrogen (secondary N) is 1. The maximum atomic E-state index is 6.17. The van der Waals surface area contributed by atoms with E-state index in [9.17, 15) is 0 Å². The summed E-state index contributed by atoms with van der Waals surface area (Å²) in [6.07, 6.45) is 6.38. The van der Waals surface area contributed by atoms with Crippen LogP contribution in [0.3, 0.4) is 0 Å². The molecule has 0 aliphatic rings. The summed E-state index contributed by atoms with van der Waals surface area (Å²) in [5, 5.41) is 5.84. The van der Waals surface area contributed by atoms with Crippen molar-refractivity contribution in [1.29, 1.82) is 0 Å². The van der Waals surface area contributed by atoms with Crippen LogP contribution in [0, 0.1) is 0 Å². The van der Waals surface area contributed by atoms with Crippen LogP contribution in [0.2, 0.25) is 10.0 Å². The van der Waals surface area contributed by atoms with Crippen LogP contribution in [-0.4, -0.2) is 16.5 Å². The van der Waals surface area contributed by atoms with Gasteiger partial charge in [0.25, 0.3) is 0 Å². The molecule has 0 fully saturated rings. The van der Waals surface area contributed by atoms with Crippen LogP contribution in [-0.2, 0) is 13.0 Å². The molecule has 2 aromatic heterocycles. The van der Waals surface area contributed by atoms with Gasteiger partial charge in [0.2, 0.25) is 0 Å². The van der Waals surface area contributed by atoms with Crippen molar-refractivity contribution in [2.75, 3.05) is 6.54 Å². The van der Waals surface area contributed by atoms with E-state index in [1.807, 2.05) is 36.7 Å². The van der Waals surface area contributed by atoms with E-state index in [1.54, 1.807) is 23.6 Å². The smallest absolute Gasteiger partial charge is 0.107 e. The molecule has 0 bridgehead atoms. The average molecular weight is 364 g/mol. The first kappa shape index (κ1) is 16.4. The lowest BCUT2D eigenvalue weighted by atomic mass is 10.1. The number of halogens is 2. The van der Waals surface area contributed by atoms with Crippen molar-refractivity contribution < 1.29 is 0 Å².